The molecular weight excluding hydrogens is 246 g/mol. The molecule has 1 saturated heterocycles. The summed E-state index contributed by atoms with van der Waals surface area (Å²) in [4.78, 5) is 14.4. The normalized spacial score (nSPS) is 25.1. The Morgan fingerprint density at radius 2 is 2.38 bits per heavy atom. The van der Waals surface area contributed by atoms with Crippen LogP contribution in [0.25, 0.3) is 0 Å². The van der Waals surface area contributed by atoms with Gasteiger partial charge in [0, 0.05) is 13.1 Å². The van der Waals surface area contributed by atoms with E-state index in [1.807, 2.05) is 12.3 Å². The molecule has 1 aromatic rings. The maximum Gasteiger partial charge on any atom is 0.265 e. The number of halogens is 1. The molecular formula is C11H14ClNO2S. The zero-order valence-corrected chi connectivity index (χ0v) is 10.9. The first kappa shape index (κ1) is 11.9. The third kappa shape index (κ3) is 2.10. The van der Waals surface area contributed by atoms with Crippen LogP contribution in [0.3, 0.4) is 0 Å². The molecule has 0 spiro atoms. The molecule has 88 valence electrons. The van der Waals surface area contributed by atoms with Crippen molar-refractivity contribution in [3.63, 3.8) is 0 Å². The fourth-order valence-corrected chi connectivity index (χ4v) is 3.08. The molecule has 2 rings (SSSR count). The number of β-amino-alcohol motifs (C(OH)–C–C–N with tert-alkyl or cyclic N) is 1. The van der Waals surface area contributed by atoms with Gasteiger partial charge in [0.2, 0.25) is 0 Å². The number of likely N-dealkylation sites (tertiary alicyclic amines) is 1. The number of carbonyl (C=O) groups excluding carboxylic acids is 1. The van der Waals surface area contributed by atoms with Crippen molar-refractivity contribution >= 4 is 28.8 Å². The second-order valence-electron chi connectivity index (χ2n) is 4.54. The zero-order valence-electron chi connectivity index (χ0n) is 9.29. The van der Waals surface area contributed by atoms with Crippen molar-refractivity contribution in [1.29, 1.82) is 0 Å². The molecule has 16 heavy (non-hydrogen) atoms. The van der Waals surface area contributed by atoms with E-state index in [1.54, 1.807) is 11.8 Å². The molecule has 0 bridgehead atoms. The van der Waals surface area contributed by atoms with Gasteiger partial charge < -0.3 is 10.0 Å². The lowest BCUT2D eigenvalue weighted by Crippen LogP contribution is -2.33. The Morgan fingerprint density at radius 1 is 1.69 bits per heavy atom. The summed E-state index contributed by atoms with van der Waals surface area (Å²) in [7, 11) is 0. The third-order valence-electron chi connectivity index (χ3n) is 2.83. The minimum Gasteiger partial charge on any atom is -0.388 e. The smallest absolute Gasteiger partial charge is 0.265 e. The van der Waals surface area contributed by atoms with E-state index in [0.717, 1.165) is 5.56 Å². The first-order valence-electron chi connectivity index (χ1n) is 5.16. The van der Waals surface area contributed by atoms with Crippen LogP contribution in [0, 0.1) is 6.92 Å². The third-order valence-corrected chi connectivity index (χ3v) is 4.52. The van der Waals surface area contributed by atoms with E-state index < -0.39 is 5.60 Å². The average molecular weight is 260 g/mol. The van der Waals surface area contributed by atoms with Gasteiger partial charge in [-0.05, 0) is 31.2 Å². The number of carbonyl (C=O) groups is 1. The minimum absolute atomic E-state index is 0.0686. The van der Waals surface area contributed by atoms with E-state index in [1.165, 1.54) is 11.3 Å². The number of amides is 1. The Bertz CT molecular complexity index is 428. The van der Waals surface area contributed by atoms with Crippen molar-refractivity contribution in [2.45, 2.75) is 25.9 Å². The highest BCUT2D eigenvalue weighted by atomic mass is 35.5. The van der Waals surface area contributed by atoms with Crippen molar-refractivity contribution in [2.75, 3.05) is 13.1 Å². The maximum atomic E-state index is 12.1. The van der Waals surface area contributed by atoms with Crippen molar-refractivity contribution in [1.82, 2.24) is 4.90 Å². The van der Waals surface area contributed by atoms with Crippen LogP contribution in [0.15, 0.2) is 5.38 Å². The lowest BCUT2D eigenvalue weighted by molar-refractivity contribution is 0.0575. The van der Waals surface area contributed by atoms with E-state index in [2.05, 4.69) is 0 Å². The first-order valence-corrected chi connectivity index (χ1v) is 6.42. The molecule has 3 nitrogen and oxygen atoms in total. The molecule has 0 saturated carbocycles. The van der Waals surface area contributed by atoms with Crippen molar-refractivity contribution in [3.8, 4) is 0 Å². The average Bonchev–Trinajstić information content (AvgIpc) is 2.71. The first-order chi connectivity index (χ1) is 7.41. The summed E-state index contributed by atoms with van der Waals surface area (Å²) in [5.41, 5.74) is 0.176. The van der Waals surface area contributed by atoms with E-state index in [9.17, 15) is 9.90 Å². The van der Waals surface area contributed by atoms with Gasteiger partial charge in [-0.1, -0.05) is 11.6 Å². The summed E-state index contributed by atoms with van der Waals surface area (Å²) in [6.07, 6.45) is 0.626. The lowest BCUT2D eigenvalue weighted by atomic mass is 10.1. The van der Waals surface area contributed by atoms with Gasteiger partial charge in [-0.2, -0.15) is 0 Å². The molecule has 5 heteroatoms. The van der Waals surface area contributed by atoms with Gasteiger partial charge in [0.25, 0.3) is 5.91 Å². The summed E-state index contributed by atoms with van der Waals surface area (Å²) in [5.74, 6) is -0.0686. The number of hydrogen-bond acceptors (Lipinski definition) is 3. The summed E-state index contributed by atoms with van der Waals surface area (Å²) >= 11 is 7.42. The standard InChI is InChI=1S/C11H14ClNO2S/c1-7-5-16-9(8(7)12)10(14)13-4-3-11(2,15)6-13/h5,15H,3-4,6H2,1-2H3. The van der Waals surface area contributed by atoms with Gasteiger partial charge >= 0.3 is 0 Å². The largest absolute Gasteiger partial charge is 0.388 e. The fraction of sp³-hybridized carbons (Fsp3) is 0.545. The minimum atomic E-state index is -0.756. The Hall–Kier alpha value is -0.580. The lowest BCUT2D eigenvalue weighted by Gasteiger charge is -2.18. The molecule has 0 aliphatic carbocycles. The van der Waals surface area contributed by atoms with Crippen molar-refractivity contribution in [2.24, 2.45) is 0 Å². The quantitative estimate of drug-likeness (QED) is 0.841. The summed E-state index contributed by atoms with van der Waals surface area (Å²) in [5, 5.41) is 12.2. The predicted octanol–water partition coefficient (Wildman–Crippen LogP) is 2.31. The van der Waals surface area contributed by atoms with Crippen LogP contribution in [0.2, 0.25) is 5.02 Å². The van der Waals surface area contributed by atoms with Crippen LogP contribution < -0.4 is 0 Å². The number of rotatable bonds is 1. The van der Waals surface area contributed by atoms with Crippen LogP contribution in [0.1, 0.15) is 28.6 Å². The fourth-order valence-electron chi connectivity index (χ4n) is 1.84. The van der Waals surface area contributed by atoms with Crippen molar-refractivity contribution in [3.05, 3.63) is 20.8 Å². The Kier molecular flexibility index (Phi) is 2.99. The van der Waals surface area contributed by atoms with Crippen LogP contribution in [-0.4, -0.2) is 34.6 Å². The van der Waals surface area contributed by atoms with E-state index in [4.69, 9.17) is 11.6 Å². The molecule has 1 N–H and O–H groups in total. The number of thiophene rings is 1. The summed E-state index contributed by atoms with van der Waals surface area (Å²) < 4.78 is 0. The van der Waals surface area contributed by atoms with Crippen LogP contribution in [-0.2, 0) is 0 Å². The topological polar surface area (TPSA) is 40.5 Å². The number of nitrogens with zero attached hydrogens (tertiary/aromatic N) is 1. The molecule has 2 heterocycles. The SMILES string of the molecule is Cc1csc(C(=O)N2CCC(C)(O)C2)c1Cl. The molecule has 1 aliphatic heterocycles. The highest BCUT2D eigenvalue weighted by molar-refractivity contribution is 7.13. The molecule has 1 aliphatic rings. The molecule has 1 amide bonds. The predicted molar refractivity (Wildman–Crippen MR) is 65.2 cm³/mol. The summed E-state index contributed by atoms with van der Waals surface area (Å²) in [6, 6.07) is 0. The number of aliphatic hydroxyl groups is 1. The molecule has 0 aromatic carbocycles. The van der Waals surface area contributed by atoms with E-state index >= 15 is 0 Å². The second kappa shape index (κ2) is 4.02. The second-order valence-corrected chi connectivity index (χ2v) is 5.79. The molecule has 1 unspecified atom stereocenters. The van der Waals surface area contributed by atoms with Gasteiger partial charge in [-0.25, -0.2) is 0 Å². The Labute approximate surface area is 104 Å². The van der Waals surface area contributed by atoms with Gasteiger partial charge in [-0.15, -0.1) is 11.3 Å². The monoisotopic (exact) mass is 259 g/mol. The Morgan fingerprint density at radius 3 is 2.81 bits per heavy atom. The van der Waals surface area contributed by atoms with Gasteiger partial charge in [0.15, 0.2) is 0 Å². The maximum absolute atomic E-state index is 12.1. The number of aryl methyl sites for hydroxylation is 1. The Balaban J connectivity index is 2.18. The highest BCUT2D eigenvalue weighted by Crippen LogP contribution is 2.30. The van der Waals surface area contributed by atoms with Crippen LogP contribution in [0.4, 0.5) is 0 Å². The van der Waals surface area contributed by atoms with Crippen LogP contribution >= 0.6 is 22.9 Å². The zero-order chi connectivity index (χ0) is 11.9. The summed E-state index contributed by atoms with van der Waals surface area (Å²) in [6.45, 7) is 4.62. The molecule has 1 fully saturated rings. The van der Waals surface area contributed by atoms with Gasteiger partial charge in [0.1, 0.15) is 4.88 Å². The molecule has 0 radical (unpaired) electrons. The van der Waals surface area contributed by atoms with Gasteiger partial charge in [0.05, 0.1) is 10.6 Å². The van der Waals surface area contributed by atoms with Crippen molar-refractivity contribution < 1.29 is 9.90 Å². The molecule has 1 aromatic heterocycles. The van der Waals surface area contributed by atoms with Crippen LogP contribution in [0.5, 0.6) is 0 Å². The highest BCUT2D eigenvalue weighted by Gasteiger charge is 2.35. The number of hydrogen-bond donors (Lipinski definition) is 1. The van der Waals surface area contributed by atoms with E-state index in [-0.39, 0.29) is 5.91 Å². The molecule has 1 atom stereocenters. The van der Waals surface area contributed by atoms with E-state index in [0.29, 0.717) is 29.4 Å². The van der Waals surface area contributed by atoms with Gasteiger partial charge in [-0.3, -0.25) is 4.79 Å².